The number of benzene rings is 1. The summed E-state index contributed by atoms with van der Waals surface area (Å²) < 4.78 is 31.0. The van der Waals surface area contributed by atoms with E-state index < -0.39 is 11.7 Å². The first-order chi connectivity index (χ1) is 15.1. The van der Waals surface area contributed by atoms with Gasteiger partial charge in [-0.25, -0.2) is 18.9 Å². The Bertz CT molecular complexity index is 1280. The third-order valence-electron chi connectivity index (χ3n) is 4.94. The van der Waals surface area contributed by atoms with Crippen molar-refractivity contribution >= 4 is 11.6 Å². The molecule has 0 radical (unpaired) electrons. The Kier molecular flexibility index (Phi) is 5.33. The second kappa shape index (κ2) is 7.99. The van der Waals surface area contributed by atoms with Crippen molar-refractivity contribution in [2.45, 2.75) is 26.3 Å². The number of aromatic amines is 1. The van der Waals surface area contributed by atoms with Crippen molar-refractivity contribution in [2.24, 2.45) is 7.05 Å². The van der Waals surface area contributed by atoms with Crippen molar-refractivity contribution in [3.63, 3.8) is 0 Å². The first-order valence-corrected chi connectivity index (χ1v) is 9.99. The van der Waals surface area contributed by atoms with Gasteiger partial charge in [0, 0.05) is 23.4 Å². The molecule has 3 aromatic heterocycles. The van der Waals surface area contributed by atoms with E-state index in [1.54, 1.807) is 36.3 Å². The molecule has 4 rings (SSSR count). The van der Waals surface area contributed by atoms with E-state index in [1.165, 1.54) is 30.6 Å². The molecule has 9 heteroatoms. The summed E-state index contributed by atoms with van der Waals surface area (Å²) in [5.41, 5.74) is 1.79. The Morgan fingerprint density at radius 3 is 2.53 bits per heavy atom. The molecule has 3 heterocycles. The van der Waals surface area contributed by atoms with Crippen LogP contribution in [0.3, 0.4) is 0 Å². The molecule has 164 valence electrons. The van der Waals surface area contributed by atoms with Gasteiger partial charge in [-0.15, -0.1) is 0 Å². The fourth-order valence-electron chi connectivity index (χ4n) is 3.31. The summed E-state index contributed by atoms with van der Waals surface area (Å²) in [6.45, 7) is 6.05. The number of pyridine rings is 1. The molecule has 7 nitrogen and oxygen atoms in total. The predicted molar refractivity (Wildman–Crippen MR) is 116 cm³/mol. The van der Waals surface area contributed by atoms with Crippen LogP contribution in [0.25, 0.3) is 22.8 Å². The highest BCUT2D eigenvalue weighted by molar-refractivity contribution is 6.03. The number of nitrogens with zero attached hydrogens (tertiary/aromatic N) is 4. The van der Waals surface area contributed by atoms with E-state index in [0.717, 1.165) is 0 Å². The summed E-state index contributed by atoms with van der Waals surface area (Å²) >= 11 is 0. The normalized spacial score (nSPS) is 11.6. The van der Waals surface area contributed by atoms with Crippen LogP contribution in [0.5, 0.6) is 0 Å². The predicted octanol–water partition coefficient (Wildman–Crippen LogP) is 4.05. The second-order valence-corrected chi connectivity index (χ2v) is 8.45. The van der Waals surface area contributed by atoms with Crippen LogP contribution in [0.1, 0.15) is 31.3 Å². The SMILES string of the molecule is C[n+]1ccc(NC(=O)c2c[nH]c(-c3c(-c4ccc(F)cc4)ncn3C(C)(C)C)n2)c(F)c1. The van der Waals surface area contributed by atoms with Crippen LogP contribution in [-0.2, 0) is 12.6 Å². The van der Waals surface area contributed by atoms with Crippen LogP contribution in [0.15, 0.2) is 55.2 Å². The second-order valence-electron chi connectivity index (χ2n) is 8.45. The molecule has 0 saturated carbocycles. The topological polar surface area (TPSA) is 79.5 Å². The average Bonchev–Trinajstić information content (AvgIpc) is 3.37. The van der Waals surface area contributed by atoms with Gasteiger partial charge in [0.1, 0.15) is 24.3 Å². The molecule has 0 aliphatic heterocycles. The van der Waals surface area contributed by atoms with E-state index in [2.05, 4.69) is 20.3 Å². The molecule has 0 bridgehead atoms. The van der Waals surface area contributed by atoms with Crippen molar-refractivity contribution in [1.82, 2.24) is 19.5 Å². The monoisotopic (exact) mass is 437 g/mol. The highest BCUT2D eigenvalue weighted by Crippen LogP contribution is 2.33. The van der Waals surface area contributed by atoms with Gasteiger partial charge < -0.3 is 14.9 Å². The maximum absolute atomic E-state index is 14.1. The van der Waals surface area contributed by atoms with Gasteiger partial charge in [-0.2, -0.15) is 4.39 Å². The summed E-state index contributed by atoms with van der Waals surface area (Å²) in [7, 11) is 1.69. The van der Waals surface area contributed by atoms with Crippen LogP contribution in [0.4, 0.5) is 14.5 Å². The van der Waals surface area contributed by atoms with Gasteiger partial charge >= 0.3 is 0 Å². The quantitative estimate of drug-likeness (QED) is 0.473. The summed E-state index contributed by atoms with van der Waals surface area (Å²) in [4.78, 5) is 24.7. The molecule has 1 aromatic carbocycles. The summed E-state index contributed by atoms with van der Waals surface area (Å²) in [6, 6.07) is 7.49. The van der Waals surface area contributed by atoms with E-state index in [-0.39, 0.29) is 22.7 Å². The zero-order valence-corrected chi connectivity index (χ0v) is 18.1. The Labute approximate surface area is 183 Å². The number of hydrogen-bond donors (Lipinski definition) is 2. The zero-order chi connectivity index (χ0) is 23.0. The number of imidazole rings is 2. The van der Waals surface area contributed by atoms with E-state index in [9.17, 15) is 13.6 Å². The molecule has 0 aliphatic carbocycles. The fraction of sp³-hybridized carbons (Fsp3) is 0.217. The van der Waals surface area contributed by atoms with Crippen LogP contribution >= 0.6 is 0 Å². The smallest absolute Gasteiger partial charge is 0.275 e. The molecule has 0 aliphatic rings. The fourth-order valence-corrected chi connectivity index (χ4v) is 3.31. The van der Waals surface area contributed by atoms with Gasteiger partial charge in [-0.1, -0.05) is 0 Å². The van der Waals surface area contributed by atoms with Gasteiger partial charge in [0.05, 0.1) is 17.7 Å². The van der Waals surface area contributed by atoms with E-state index in [1.807, 2.05) is 25.3 Å². The minimum atomic E-state index is -0.552. The molecule has 0 fully saturated rings. The lowest BCUT2D eigenvalue weighted by Crippen LogP contribution is -2.28. The first kappa shape index (κ1) is 21.4. The van der Waals surface area contributed by atoms with Crippen molar-refractivity contribution in [3.05, 3.63) is 72.6 Å². The molecule has 0 spiro atoms. The Morgan fingerprint density at radius 1 is 1.16 bits per heavy atom. The number of rotatable bonds is 4. The summed E-state index contributed by atoms with van der Waals surface area (Å²) in [5, 5.41) is 2.54. The maximum Gasteiger partial charge on any atom is 0.275 e. The number of aryl methyl sites for hydroxylation is 1. The summed E-state index contributed by atoms with van der Waals surface area (Å²) in [6.07, 6.45) is 6.05. The van der Waals surface area contributed by atoms with E-state index in [0.29, 0.717) is 22.8 Å². The molecule has 0 atom stereocenters. The van der Waals surface area contributed by atoms with Gasteiger partial charge in [-0.3, -0.25) is 4.79 Å². The molecule has 32 heavy (non-hydrogen) atoms. The highest BCUT2D eigenvalue weighted by atomic mass is 19.1. The van der Waals surface area contributed by atoms with Crippen molar-refractivity contribution in [3.8, 4) is 22.8 Å². The number of carbonyl (C=O) groups is 1. The number of H-pyrrole nitrogens is 1. The number of hydrogen-bond acceptors (Lipinski definition) is 3. The lowest BCUT2D eigenvalue weighted by atomic mass is 10.1. The first-order valence-electron chi connectivity index (χ1n) is 9.99. The standard InChI is InChI=1S/C23H22F2N6O/c1-23(2,3)31-13-27-19(14-5-7-15(24)8-6-14)20(31)21-26-11-18(28-21)22(32)29-17-9-10-30(4)12-16(17)25/h5-13H,1-4H3,(H,26,28,32)/p+1. The van der Waals surface area contributed by atoms with Crippen LogP contribution < -0.4 is 9.88 Å². The van der Waals surface area contributed by atoms with E-state index in [4.69, 9.17) is 0 Å². The van der Waals surface area contributed by atoms with Crippen molar-refractivity contribution in [1.29, 1.82) is 0 Å². The van der Waals surface area contributed by atoms with Crippen LogP contribution in [0, 0.1) is 11.6 Å². The summed E-state index contributed by atoms with van der Waals surface area (Å²) in [5.74, 6) is -1.03. The molecular formula is C23H23F2N6O+. The lowest BCUT2D eigenvalue weighted by molar-refractivity contribution is -0.672. The number of nitrogens with one attached hydrogen (secondary N) is 2. The van der Waals surface area contributed by atoms with Gasteiger partial charge in [0.15, 0.2) is 12.0 Å². The number of halogens is 2. The van der Waals surface area contributed by atoms with E-state index >= 15 is 0 Å². The largest absolute Gasteiger partial charge is 0.342 e. The number of anilines is 1. The average molecular weight is 437 g/mol. The molecule has 0 saturated heterocycles. The lowest BCUT2D eigenvalue weighted by Gasteiger charge is -2.23. The van der Waals surface area contributed by atoms with Gasteiger partial charge in [0.25, 0.3) is 5.91 Å². The van der Waals surface area contributed by atoms with Crippen LogP contribution in [-0.4, -0.2) is 25.4 Å². The zero-order valence-electron chi connectivity index (χ0n) is 18.1. The van der Waals surface area contributed by atoms with Crippen molar-refractivity contribution < 1.29 is 18.1 Å². The van der Waals surface area contributed by atoms with Crippen molar-refractivity contribution in [2.75, 3.05) is 5.32 Å². The van der Waals surface area contributed by atoms with Gasteiger partial charge in [0.2, 0.25) is 12.0 Å². The minimum absolute atomic E-state index is 0.0596. The maximum atomic E-state index is 14.1. The number of carbonyl (C=O) groups excluding carboxylic acids is 1. The molecule has 1 amide bonds. The third kappa shape index (κ3) is 4.14. The Hall–Kier alpha value is -3.88. The Morgan fingerprint density at radius 2 is 1.88 bits per heavy atom. The van der Waals surface area contributed by atoms with Gasteiger partial charge in [-0.05, 0) is 45.0 Å². The molecular weight excluding hydrogens is 414 g/mol. The minimum Gasteiger partial charge on any atom is -0.342 e. The highest BCUT2D eigenvalue weighted by Gasteiger charge is 2.25. The van der Waals surface area contributed by atoms with Crippen LogP contribution in [0.2, 0.25) is 0 Å². The number of amides is 1. The Balaban J connectivity index is 1.72. The molecule has 2 N–H and O–H groups in total. The third-order valence-corrected chi connectivity index (χ3v) is 4.94. The molecule has 0 unspecified atom stereocenters. The molecule has 4 aromatic rings. The number of aromatic nitrogens is 5.